The number of nitrogens with one attached hydrogen (secondary N) is 1. The summed E-state index contributed by atoms with van der Waals surface area (Å²) in [5.41, 5.74) is 0.798. The lowest BCUT2D eigenvalue weighted by Gasteiger charge is -2.17. The van der Waals surface area contributed by atoms with Crippen molar-refractivity contribution in [3.8, 4) is 11.5 Å². The maximum absolute atomic E-state index is 12.7. The standard InChI is InChI=1S/C17H20N2O6S/c1-11-5-7-14(19(20)21)10-17(11)26(22,23)18-12(2)13-6-8-15(24-3)16(9-13)25-4/h5-10,12,18H,1-4H3. The average Bonchev–Trinajstić information content (AvgIpc) is 2.60. The third-order valence-corrected chi connectivity index (χ3v) is 5.59. The Morgan fingerprint density at radius 2 is 1.73 bits per heavy atom. The predicted octanol–water partition coefficient (Wildman–Crippen LogP) is 2.96. The lowest BCUT2D eigenvalue weighted by molar-refractivity contribution is -0.385. The third-order valence-electron chi connectivity index (χ3n) is 3.91. The number of hydrogen-bond acceptors (Lipinski definition) is 6. The molecule has 0 aliphatic rings. The Hall–Kier alpha value is -2.65. The molecule has 0 saturated heterocycles. The van der Waals surface area contributed by atoms with E-state index in [0.717, 1.165) is 6.07 Å². The van der Waals surface area contributed by atoms with Crippen LogP contribution >= 0.6 is 0 Å². The first-order valence-corrected chi connectivity index (χ1v) is 9.17. The van der Waals surface area contributed by atoms with E-state index < -0.39 is 21.0 Å². The molecule has 8 nitrogen and oxygen atoms in total. The van der Waals surface area contributed by atoms with E-state index in [2.05, 4.69) is 4.72 Å². The summed E-state index contributed by atoms with van der Waals surface area (Å²) in [5, 5.41) is 10.9. The molecule has 1 atom stereocenters. The first kappa shape index (κ1) is 19.7. The Morgan fingerprint density at radius 3 is 2.31 bits per heavy atom. The average molecular weight is 380 g/mol. The highest BCUT2D eigenvalue weighted by atomic mass is 32.2. The van der Waals surface area contributed by atoms with Gasteiger partial charge in [-0.1, -0.05) is 12.1 Å². The van der Waals surface area contributed by atoms with Crippen LogP contribution in [0.3, 0.4) is 0 Å². The summed E-state index contributed by atoms with van der Waals surface area (Å²) in [7, 11) is -0.958. The Bertz CT molecular complexity index is 927. The van der Waals surface area contributed by atoms with Crippen molar-refractivity contribution >= 4 is 15.7 Å². The monoisotopic (exact) mass is 380 g/mol. The molecule has 1 N–H and O–H groups in total. The predicted molar refractivity (Wildman–Crippen MR) is 96.1 cm³/mol. The smallest absolute Gasteiger partial charge is 0.270 e. The number of nitro groups is 1. The SMILES string of the molecule is COc1ccc(C(C)NS(=O)(=O)c2cc([N+](=O)[O-])ccc2C)cc1OC. The summed E-state index contributed by atoms with van der Waals surface area (Å²) in [5.74, 6) is 1.00. The van der Waals surface area contributed by atoms with Crippen LogP contribution in [-0.2, 0) is 10.0 Å². The molecule has 2 aromatic carbocycles. The molecule has 0 radical (unpaired) electrons. The number of nitrogens with zero attached hydrogens (tertiary/aromatic N) is 1. The van der Waals surface area contributed by atoms with Gasteiger partial charge in [0.1, 0.15) is 0 Å². The van der Waals surface area contributed by atoms with Crippen LogP contribution in [0, 0.1) is 17.0 Å². The molecular weight excluding hydrogens is 360 g/mol. The molecule has 0 heterocycles. The topological polar surface area (TPSA) is 108 Å². The van der Waals surface area contributed by atoms with Crippen LogP contribution in [0.2, 0.25) is 0 Å². The normalized spacial score (nSPS) is 12.5. The van der Waals surface area contributed by atoms with E-state index in [1.807, 2.05) is 0 Å². The minimum Gasteiger partial charge on any atom is -0.493 e. The van der Waals surface area contributed by atoms with Crippen LogP contribution in [0.5, 0.6) is 11.5 Å². The fourth-order valence-corrected chi connectivity index (χ4v) is 3.97. The number of rotatable bonds is 7. The van der Waals surface area contributed by atoms with Crippen molar-refractivity contribution in [2.75, 3.05) is 14.2 Å². The van der Waals surface area contributed by atoms with Gasteiger partial charge in [-0.15, -0.1) is 0 Å². The zero-order valence-corrected chi connectivity index (χ0v) is 15.7. The summed E-state index contributed by atoms with van der Waals surface area (Å²) in [4.78, 5) is 10.2. The van der Waals surface area contributed by atoms with Gasteiger partial charge in [0.2, 0.25) is 10.0 Å². The highest BCUT2D eigenvalue weighted by Gasteiger charge is 2.23. The second-order valence-corrected chi connectivity index (χ2v) is 7.35. The van der Waals surface area contributed by atoms with Crippen LogP contribution in [0.25, 0.3) is 0 Å². The molecule has 9 heteroatoms. The van der Waals surface area contributed by atoms with E-state index in [1.54, 1.807) is 32.0 Å². The number of benzene rings is 2. The van der Waals surface area contributed by atoms with Crippen molar-refractivity contribution in [1.29, 1.82) is 0 Å². The number of ether oxygens (including phenoxy) is 2. The largest absolute Gasteiger partial charge is 0.493 e. The Balaban J connectivity index is 2.35. The van der Waals surface area contributed by atoms with Gasteiger partial charge < -0.3 is 9.47 Å². The minimum atomic E-state index is -3.96. The maximum Gasteiger partial charge on any atom is 0.270 e. The minimum absolute atomic E-state index is 0.126. The van der Waals surface area contributed by atoms with Crippen molar-refractivity contribution < 1.29 is 22.8 Å². The molecule has 2 aromatic rings. The fraction of sp³-hybridized carbons (Fsp3) is 0.294. The molecule has 140 valence electrons. The lowest BCUT2D eigenvalue weighted by Crippen LogP contribution is -2.27. The van der Waals surface area contributed by atoms with Gasteiger partial charge in [-0.05, 0) is 37.1 Å². The quantitative estimate of drug-likeness (QED) is 0.584. The number of non-ortho nitro benzene ring substituents is 1. The zero-order chi connectivity index (χ0) is 19.5. The van der Waals surface area contributed by atoms with Crippen molar-refractivity contribution in [3.05, 3.63) is 57.6 Å². The van der Waals surface area contributed by atoms with Crippen LogP contribution < -0.4 is 14.2 Å². The number of sulfonamides is 1. The van der Waals surface area contributed by atoms with Crippen molar-refractivity contribution in [2.24, 2.45) is 0 Å². The first-order valence-electron chi connectivity index (χ1n) is 7.69. The first-order chi connectivity index (χ1) is 12.2. The molecule has 0 fully saturated rings. The molecule has 0 bridgehead atoms. The van der Waals surface area contributed by atoms with Crippen molar-refractivity contribution in [1.82, 2.24) is 4.72 Å². The number of methoxy groups -OCH3 is 2. The fourth-order valence-electron chi connectivity index (χ4n) is 2.48. The van der Waals surface area contributed by atoms with E-state index in [4.69, 9.17) is 9.47 Å². The van der Waals surface area contributed by atoms with E-state index in [9.17, 15) is 18.5 Å². The zero-order valence-electron chi connectivity index (χ0n) is 14.8. The summed E-state index contributed by atoms with van der Waals surface area (Å²) in [6.07, 6.45) is 0. The van der Waals surface area contributed by atoms with E-state index in [0.29, 0.717) is 22.6 Å². The second kappa shape index (κ2) is 7.71. The molecule has 2 rings (SSSR count). The highest BCUT2D eigenvalue weighted by molar-refractivity contribution is 7.89. The van der Waals surface area contributed by atoms with Crippen LogP contribution in [0.1, 0.15) is 24.1 Å². The van der Waals surface area contributed by atoms with Gasteiger partial charge in [-0.2, -0.15) is 0 Å². The maximum atomic E-state index is 12.7. The number of hydrogen-bond donors (Lipinski definition) is 1. The molecule has 0 amide bonds. The van der Waals surface area contributed by atoms with Crippen LogP contribution in [0.4, 0.5) is 5.69 Å². The van der Waals surface area contributed by atoms with Gasteiger partial charge in [0.05, 0.1) is 24.0 Å². The Labute approximate surface area is 152 Å². The van der Waals surface area contributed by atoms with Gasteiger partial charge in [0.25, 0.3) is 5.69 Å². The number of nitro benzene ring substituents is 1. The molecular formula is C17H20N2O6S. The van der Waals surface area contributed by atoms with Gasteiger partial charge in [-0.25, -0.2) is 13.1 Å². The van der Waals surface area contributed by atoms with Crippen LogP contribution in [0.15, 0.2) is 41.3 Å². The Morgan fingerprint density at radius 1 is 1.08 bits per heavy atom. The molecule has 1 unspecified atom stereocenters. The van der Waals surface area contributed by atoms with Gasteiger partial charge in [0.15, 0.2) is 11.5 Å². The molecule has 0 aliphatic heterocycles. The summed E-state index contributed by atoms with van der Waals surface area (Å²) >= 11 is 0. The van der Waals surface area contributed by atoms with E-state index in [1.165, 1.54) is 26.4 Å². The molecule has 0 aromatic heterocycles. The molecule has 0 saturated carbocycles. The third kappa shape index (κ3) is 4.12. The molecule has 0 aliphatic carbocycles. The molecule has 0 spiro atoms. The second-order valence-electron chi connectivity index (χ2n) is 5.66. The van der Waals surface area contributed by atoms with E-state index >= 15 is 0 Å². The van der Waals surface area contributed by atoms with Crippen molar-refractivity contribution in [2.45, 2.75) is 24.8 Å². The highest BCUT2D eigenvalue weighted by Crippen LogP contribution is 2.31. The summed E-state index contributed by atoms with van der Waals surface area (Å²) in [6.45, 7) is 3.25. The van der Waals surface area contributed by atoms with E-state index in [-0.39, 0.29) is 10.6 Å². The van der Waals surface area contributed by atoms with Gasteiger partial charge in [0, 0.05) is 18.2 Å². The number of aryl methyl sites for hydroxylation is 1. The molecule has 26 heavy (non-hydrogen) atoms. The lowest BCUT2D eigenvalue weighted by atomic mass is 10.1. The van der Waals surface area contributed by atoms with Gasteiger partial charge >= 0.3 is 0 Å². The Kier molecular flexibility index (Phi) is 5.83. The van der Waals surface area contributed by atoms with Gasteiger partial charge in [-0.3, -0.25) is 10.1 Å². The van der Waals surface area contributed by atoms with Crippen molar-refractivity contribution in [3.63, 3.8) is 0 Å². The summed E-state index contributed by atoms with van der Waals surface area (Å²) in [6, 6.07) is 8.22. The summed E-state index contributed by atoms with van der Waals surface area (Å²) < 4.78 is 38.3. The van der Waals surface area contributed by atoms with Crippen LogP contribution in [-0.4, -0.2) is 27.6 Å².